The van der Waals surface area contributed by atoms with Crippen molar-refractivity contribution < 1.29 is 46.6 Å². The van der Waals surface area contributed by atoms with Crippen LogP contribution in [0, 0.1) is 24.6 Å². The summed E-state index contributed by atoms with van der Waals surface area (Å²) in [6.45, 7) is 1.59. The molecule has 0 amide bonds. The van der Waals surface area contributed by atoms with E-state index in [4.69, 9.17) is 5.11 Å². The van der Waals surface area contributed by atoms with Gasteiger partial charge >= 0.3 is 0 Å². The average Bonchev–Trinajstić information content (AvgIpc) is 2.28. The van der Waals surface area contributed by atoms with Crippen molar-refractivity contribution in [2.75, 3.05) is 0 Å². The zero-order chi connectivity index (χ0) is 13.4. The number of aryl methyl sites for hydroxylation is 1. The summed E-state index contributed by atoms with van der Waals surface area (Å²) in [5.74, 6) is -2.39. The first-order valence-electron chi connectivity index (χ1n) is 5.18. The Kier molecular flexibility index (Phi) is 4.99. The maximum Gasteiger partial charge on any atom is 0.197 e. The van der Waals surface area contributed by atoms with Crippen LogP contribution in [0.4, 0.5) is 8.78 Å². The number of halogens is 2. The number of hydrogen-bond donors (Lipinski definition) is 1. The van der Waals surface area contributed by atoms with Crippen molar-refractivity contribution in [3.63, 3.8) is 0 Å². The minimum atomic E-state index is -0.942. The van der Waals surface area contributed by atoms with Gasteiger partial charge in [-0.15, -0.1) is 0 Å². The van der Waals surface area contributed by atoms with Crippen LogP contribution in [-0.2, 0) is 39.8 Å². The molecule has 1 heterocycles. The number of phenols is 1. The van der Waals surface area contributed by atoms with Gasteiger partial charge in [0.1, 0.15) is 5.75 Å². The Labute approximate surface area is 133 Å². The Morgan fingerprint density at radius 3 is 2.32 bits per heavy atom. The van der Waals surface area contributed by atoms with Crippen LogP contribution in [-0.4, -0.2) is 9.67 Å². The van der Waals surface area contributed by atoms with Crippen LogP contribution in [0.3, 0.4) is 0 Å². The van der Waals surface area contributed by atoms with E-state index in [0.717, 1.165) is 16.7 Å². The molecule has 19 heavy (non-hydrogen) atoms. The molecule has 0 aliphatic carbocycles. The van der Waals surface area contributed by atoms with E-state index in [1.165, 1.54) is 13.1 Å². The SMILES string of the molecule is Cc1c[c-]c(-c2c(F)cc(O)cc2F)n(C)c1=O.[Y]. The molecule has 0 saturated heterocycles. The predicted octanol–water partition coefficient (Wildman–Crippen LogP) is 2.14. The fourth-order valence-electron chi connectivity index (χ4n) is 1.73. The van der Waals surface area contributed by atoms with Gasteiger partial charge in [-0.25, -0.2) is 8.78 Å². The first kappa shape index (κ1) is 16.0. The number of rotatable bonds is 1. The molecule has 1 aromatic heterocycles. The quantitative estimate of drug-likeness (QED) is 0.809. The molecule has 2 aromatic rings. The van der Waals surface area contributed by atoms with Crippen LogP contribution in [0.2, 0.25) is 0 Å². The van der Waals surface area contributed by atoms with E-state index >= 15 is 0 Å². The summed E-state index contributed by atoms with van der Waals surface area (Å²) in [5, 5.41) is 9.07. The molecule has 0 bridgehead atoms. The van der Waals surface area contributed by atoms with Gasteiger partial charge in [0.25, 0.3) is 0 Å². The molecule has 1 N–H and O–H groups in total. The van der Waals surface area contributed by atoms with Crippen molar-refractivity contribution in [3.05, 3.63) is 51.8 Å². The molecule has 6 heteroatoms. The van der Waals surface area contributed by atoms with Crippen molar-refractivity contribution in [1.82, 2.24) is 4.57 Å². The van der Waals surface area contributed by atoms with Crippen molar-refractivity contribution in [1.29, 1.82) is 0 Å². The maximum absolute atomic E-state index is 13.7. The second-order valence-electron chi connectivity index (χ2n) is 3.97. The van der Waals surface area contributed by atoms with Crippen LogP contribution < -0.4 is 5.56 Å². The van der Waals surface area contributed by atoms with Crippen molar-refractivity contribution in [2.45, 2.75) is 6.92 Å². The van der Waals surface area contributed by atoms with E-state index in [0.29, 0.717) is 5.56 Å². The number of phenolic OH excluding ortho intramolecular Hbond substituents is 1. The molecular formula is C13H10F2NO2Y-. The van der Waals surface area contributed by atoms with Crippen LogP contribution in [0.25, 0.3) is 11.3 Å². The molecule has 0 atom stereocenters. The zero-order valence-corrected chi connectivity index (χ0v) is 13.2. The van der Waals surface area contributed by atoms with E-state index in [2.05, 4.69) is 6.07 Å². The molecule has 97 valence electrons. The number of hydrogen-bond acceptors (Lipinski definition) is 2. The van der Waals surface area contributed by atoms with E-state index in [1.54, 1.807) is 6.92 Å². The summed E-state index contributed by atoms with van der Waals surface area (Å²) in [7, 11) is 1.41. The Balaban J connectivity index is 0.00000180. The number of nitrogens with zero attached hydrogens (tertiary/aromatic N) is 1. The summed E-state index contributed by atoms with van der Waals surface area (Å²) >= 11 is 0. The van der Waals surface area contributed by atoms with Crippen molar-refractivity contribution >= 4 is 0 Å². The Morgan fingerprint density at radius 1 is 1.26 bits per heavy atom. The van der Waals surface area contributed by atoms with Gasteiger partial charge in [-0.3, -0.25) is 4.79 Å². The average molecular weight is 339 g/mol. The molecule has 0 aliphatic rings. The number of aromatic nitrogens is 1. The standard InChI is InChI=1S/C13H10F2NO2.Y/c1-7-3-4-11(16(2)13(7)18)12-9(14)5-8(17)6-10(12)15;/h3,5-6,17H,1-2H3;/q-1;. The summed E-state index contributed by atoms with van der Waals surface area (Å²) in [4.78, 5) is 11.7. The third-order valence-electron chi connectivity index (χ3n) is 2.67. The Bertz CT molecular complexity index is 660. The zero-order valence-electron chi connectivity index (χ0n) is 10.4. The smallest absolute Gasteiger partial charge is 0.197 e. The molecule has 1 radical (unpaired) electrons. The summed E-state index contributed by atoms with van der Waals surface area (Å²) in [6.07, 6.45) is 0. The third-order valence-corrected chi connectivity index (χ3v) is 2.67. The molecule has 0 spiro atoms. The third kappa shape index (κ3) is 2.92. The normalized spacial score (nSPS) is 10.1. The molecule has 0 aliphatic heterocycles. The molecule has 0 saturated carbocycles. The molecule has 0 unspecified atom stereocenters. The van der Waals surface area contributed by atoms with E-state index in [1.807, 2.05) is 0 Å². The van der Waals surface area contributed by atoms with E-state index in [-0.39, 0.29) is 49.5 Å². The van der Waals surface area contributed by atoms with Crippen LogP contribution >= 0.6 is 0 Å². The minimum Gasteiger partial charge on any atom is -0.508 e. The molecule has 2 rings (SSSR count). The van der Waals surface area contributed by atoms with Crippen molar-refractivity contribution in [2.24, 2.45) is 7.05 Å². The van der Waals surface area contributed by atoms with Gasteiger partial charge < -0.3 is 9.67 Å². The second-order valence-corrected chi connectivity index (χ2v) is 3.97. The fraction of sp³-hybridized carbons (Fsp3) is 0.154. The van der Waals surface area contributed by atoms with Crippen LogP contribution in [0.1, 0.15) is 5.56 Å². The number of benzene rings is 1. The van der Waals surface area contributed by atoms with Gasteiger partial charge in [0.15, 0.2) is 5.56 Å². The second kappa shape index (κ2) is 5.93. The summed E-state index contributed by atoms with van der Waals surface area (Å²) in [6, 6.07) is 5.62. The first-order valence-corrected chi connectivity index (χ1v) is 5.18. The van der Waals surface area contributed by atoms with Gasteiger partial charge in [0.2, 0.25) is 0 Å². The number of aromatic hydroxyl groups is 1. The van der Waals surface area contributed by atoms with Gasteiger partial charge in [-0.05, 0) is 5.56 Å². The minimum absolute atomic E-state index is 0. The summed E-state index contributed by atoms with van der Waals surface area (Å²) in [5.41, 5.74) is -0.301. The Hall–Kier alpha value is -1.07. The van der Waals surface area contributed by atoms with Crippen LogP contribution in [0.5, 0.6) is 5.75 Å². The largest absolute Gasteiger partial charge is 0.508 e. The molecule has 0 fully saturated rings. The van der Waals surface area contributed by atoms with Gasteiger partial charge in [0.05, 0.1) is 11.6 Å². The van der Waals surface area contributed by atoms with Gasteiger partial charge in [-0.1, -0.05) is 18.2 Å². The topological polar surface area (TPSA) is 42.2 Å². The van der Waals surface area contributed by atoms with Crippen LogP contribution in [0.15, 0.2) is 23.0 Å². The monoisotopic (exact) mass is 339 g/mol. The predicted molar refractivity (Wildman–Crippen MR) is 62.3 cm³/mol. The molecule has 1 aromatic carbocycles. The maximum atomic E-state index is 13.7. The van der Waals surface area contributed by atoms with E-state index < -0.39 is 17.4 Å². The molecular weight excluding hydrogens is 329 g/mol. The molecule has 3 nitrogen and oxygen atoms in total. The number of pyridine rings is 1. The fourth-order valence-corrected chi connectivity index (χ4v) is 1.73. The summed E-state index contributed by atoms with van der Waals surface area (Å²) < 4.78 is 28.5. The van der Waals surface area contributed by atoms with Gasteiger partial charge in [0, 0.05) is 51.9 Å². The van der Waals surface area contributed by atoms with Crippen molar-refractivity contribution in [3.8, 4) is 17.0 Å². The Morgan fingerprint density at radius 2 is 1.79 bits per heavy atom. The first-order chi connectivity index (χ1) is 8.41. The van der Waals surface area contributed by atoms with E-state index in [9.17, 15) is 13.6 Å². The van der Waals surface area contributed by atoms with Gasteiger partial charge in [-0.2, -0.15) is 12.1 Å².